The molecule has 0 spiro atoms. The van der Waals surface area contributed by atoms with Crippen LogP contribution in [-0.4, -0.2) is 15.6 Å². The van der Waals surface area contributed by atoms with Crippen LogP contribution in [0.3, 0.4) is 0 Å². The molecule has 0 radical (unpaired) electrons. The Morgan fingerprint density at radius 2 is 2.29 bits per heavy atom. The lowest BCUT2D eigenvalue weighted by Crippen LogP contribution is -2.18. The van der Waals surface area contributed by atoms with Crippen LogP contribution in [0.25, 0.3) is 0 Å². The summed E-state index contributed by atoms with van der Waals surface area (Å²) in [6.45, 7) is 2.11. The van der Waals surface area contributed by atoms with Crippen LogP contribution in [0.2, 0.25) is 0 Å². The van der Waals surface area contributed by atoms with E-state index in [0.717, 1.165) is 42.3 Å². The van der Waals surface area contributed by atoms with Gasteiger partial charge in [-0.25, -0.2) is 0 Å². The summed E-state index contributed by atoms with van der Waals surface area (Å²) in [4.78, 5) is 11.5. The number of ketones is 1. The van der Waals surface area contributed by atoms with E-state index in [-0.39, 0.29) is 0 Å². The van der Waals surface area contributed by atoms with Gasteiger partial charge in [-0.15, -0.1) is 0 Å². The summed E-state index contributed by atoms with van der Waals surface area (Å²) in [6.07, 6.45) is 5.67. The minimum Gasteiger partial charge on any atom is -0.300 e. The standard InChI is InChI=1S/C13H19BrN2O/c1-3-11-13(14)12(16(2)15-11)8-9-5-4-6-10(17)7-9/h9H,3-8H2,1-2H3. The number of rotatable bonds is 3. The van der Waals surface area contributed by atoms with Gasteiger partial charge in [0.25, 0.3) is 0 Å². The largest absolute Gasteiger partial charge is 0.300 e. The van der Waals surface area contributed by atoms with Crippen LogP contribution in [0.1, 0.15) is 44.0 Å². The Kier molecular flexibility index (Phi) is 4.02. The molecule has 0 bridgehead atoms. The first kappa shape index (κ1) is 12.8. The molecule has 1 aromatic heterocycles. The molecule has 1 heterocycles. The summed E-state index contributed by atoms with van der Waals surface area (Å²) in [5.41, 5.74) is 2.35. The fourth-order valence-corrected chi connectivity index (χ4v) is 3.38. The molecular formula is C13H19BrN2O. The minimum absolute atomic E-state index is 0.426. The molecule has 0 aliphatic heterocycles. The molecule has 4 heteroatoms. The predicted molar refractivity (Wildman–Crippen MR) is 71.0 cm³/mol. The molecule has 1 aromatic rings. The third-order valence-corrected chi connectivity index (χ3v) is 4.48. The van der Waals surface area contributed by atoms with Crippen molar-refractivity contribution in [3.05, 3.63) is 15.9 Å². The van der Waals surface area contributed by atoms with Gasteiger partial charge >= 0.3 is 0 Å². The van der Waals surface area contributed by atoms with Crippen molar-refractivity contribution >= 4 is 21.7 Å². The van der Waals surface area contributed by atoms with Gasteiger partial charge in [0.05, 0.1) is 15.9 Å². The summed E-state index contributed by atoms with van der Waals surface area (Å²) in [7, 11) is 1.99. The SMILES string of the molecule is CCc1nn(C)c(CC2CCCC(=O)C2)c1Br. The van der Waals surface area contributed by atoms with E-state index in [9.17, 15) is 4.79 Å². The van der Waals surface area contributed by atoms with Crippen LogP contribution >= 0.6 is 15.9 Å². The average Bonchev–Trinajstić information content (AvgIpc) is 2.56. The quantitative estimate of drug-likeness (QED) is 0.860. The average molecular weight is 299 g/mol. The van der Waals surface area contributed by atoms with E-state index < -0.39 is 0 Å². The van der Waals surface area contributed by atoms with Crippen molar-refractivity contribution in [2.45, 2.75) is 45.4 Å². The number of nitrogens with zero attached hydrogens (tertiary/aromatic N) is 2. The van der Waals surface area contributed by atoms with Gasteiger partial charge < -0.3 is 0 Å². The molecule has 0 aromatic carbocycles. The fraction of sp³-hybridized carbons (Fsp3) is 0.692. The third kappa shape index (κ3) is 2.79. The number of halogens is 1. The van der Waals surface area contributed by atoms with E-state index in [1.165, 1.54) is 12.1 Å². The van der Waals surface area contributed by atoms with Crippen molar-refractivity contribution in [2.24, 2.45) is 13.0 Å². The molecule has 1 atom stereocenters. The molecule has 1 aliphatic rings. The van der Waals surface area contributed by atoms with Crippen molar-refractivity contribution in [1.82, 2.24) is 9.78 Å². The van der Waals surface area contributed by atoms with E-state index in [4.69, 9.17) is 0 Å². The highest BCUT2D eigenvalue weighted by atomic mass is 79.9. The summed E-state index contributed by atoms with van der Waals surface area (Å²) in [5.74, 6) is 0.933. The Hall–Kier alpha value is -0.640. The zero-order valence-corrected chi connectivity index (χ0v) is 12.1. The zero-order chi connectivity index (χ0) is 12.4. The molecule has 17 heavy (non-hydrogen) atoms. The smallest absolute Gasteiger partial charge is 0.133 e. The second kappa shape index (κ2) is 5.34. The molecule has 94 valence electrons. The maximum absolute atomic E-state index is 11.5. The third-order valence-electron chi connectivity index (χ3n) is 3.57. The van der Waals surface area contributed by atoms with Crippen molar-refractivity contribution in [1.29, 1.82) is 0 Å². The highest BCUT2D eigenvalue weighted by Crippen LogP contribution is 2.29. The molecule has 3 nitrogen and oxygen atoms in total. The van der Waals surface area contributed by atoms with Crippen molar-refractivity contribution in [3.8, 4) is 0 Å². The Bertz CT molecular complexity index is 425. The number of hydrogen-bond acceptors (Lipinski definition) is 2. The number of hydrogen-bond donors (Lipinski definition) is 0. The Morgan fingerprint density at radius 3 is 2.88 bits per heavy atom. The summed E-state index contributed by atoms with van der Waals surface area (Å²) in [5, 5.41) is 4.50. The van der Waals surface area contributed by atoms with Gasteiger partial charge in [0.1, 0.15) is 5.78 Å². The van der Waals surface area contributed by atoms with E-state index in [0.29, 0.717) is 11.7 Å². The van der Waals surface area contributed by atoms with Crippen LogP contribution in [0.4, 0.5) is 0 Å². The molecule has 1 fully saturated rings. The van der Waals surface area contributed by atoms with Crippen molar-refractivity contribution in [2.75, 3.05) is 0 Å². The molecule has 1 saturated carbocycles. The number of Topliss-reactive ketones (excluding diaryl/α,β-unsaturated/α-hetero) is 1. The second-order valence-electron chi connectivity index (χ2n) is 4.89. The zero-order valence-electron chi connectivity index (χ0n) is 10.5. The van der Waals surface area contributed by atoms with Gasteiger partial charge in [0.2, 0.25) is 0 Å². The Morgan fingerprint density at radius 1 is 1.53 bits per heavy atom. The molecule has 0 N–H and O–H groups in total. The minimum atomic E-state index is 0.426. The van der Waals surface area contributed by atoms with Gasteiger partial charge in [-0.1, -0.05) is 6.92 Å². The maximum Gasteiger partial charge on any atom is 0.133 e. The summed E-state index contributed by atoms with van der Waals surface area (Å²) in [6, 6.07) is 0. The molecule has 1 aliphatic carbocycles. The lowest BCUT2D eigenvalue weighted by molar-refractivity contribution is -0.121. The highest BCUT2D eigenvalue weighted by Gasteiger charge is 2.23. The van der Waals surface area contributed by atoms with E-state index in [2.05, 4.69) is 28.0 Å². The fourth-order valence-electron chi connectivity index (χ4n) is 2.60. The number of carbonyl (C=O) groups is 1. The van der Waals surface area contributed by atoms with Crippen molar-refractivity contribution in [3.63, 3.8) is 0 Å². The van der Waals surface area contributed by atoms with Gasteiger partial charge in [-0.05, 0) is 47.5 Å². The van der Waals surface area contributed by atoms with E-state index in [1.54, 1.807) is 0 Å². The van der Waals surface area contributed by atoms with Crippen LogP contribution in [0.15, 0.2) is 4.47 Å². The first-order valence-corrected chi connectivity index (χ1v) is 7.13. The summed E-state index contributed by atoms with van der Waals surface area (Å²) >= 11 is 3.64. The van der Waals surface area contributed by atoms with Gasteiger partial charge in [0.15, 0.2) is 0 Å². The first-order valence-electron chi connectivity index (χ1n) is 6.33. The number of carbonyl (C=O) groups excluding carboxylic acids is 1. The van der Waals surface area contributed by atoms with Gasteiger partial charge in [-0.2, -0.15) is 5.10 Å². The lowest BCUT2D eigenvalue weighted by Gasteiger charge is -2.20. The molecular weight excluding hydrogens is 280 g/mol. The predicted octanol–water partition coefficient (Wildman–Crippen LogP) is 3.05. The monoisotopic (exact) mass is 298 g/mol. The molecule has 1 unspecified atom stereocenters. The molecule has 0 saturated heterocycles. The van der Waals surface area contributed by atoms with Crippen LogP contribution in [-0.2, 0) is 24.7 Å². The topological polar surface area (TPSA) is 34.9 Å². The van der Waals surface area contributed by atoms with Gasteiger partial charge in [0, 0.05) is 19.9 Å². The van der Waals surface area contributed by atoms with Crippen LogP contribution in [0, 0.1) is 5.92 Å². The lowest BCUT2D eigenvalue weighted by atomic mass is 9.85. The maximum atomic E-state index is 11.5. The van der Waals surface area contributed by atoms with Crippen LogP contribution in [0.5, 0.6) is 0 Å². The van der Waals surface area contributed by atoms with Gasteiger partial charge in [-0.3, -0.25) is 9.48 Å². The van der Waals surface area contributed by atoms with E-state index >= 15 is 0 Å². The van der Waals surface area contributed by atoms with Crippen molar-refractivity contribution < 1.29 is 4.79 Å². The second-order valence-corrected chi connectivity index (χ2v) is 5.68. The Labute approximate surface area is 111 Å². The Balaban J connectivity index is 2.12. The molecule has 0 amide bonds. The van der Waals surface area contributed by atoms with Crippen LogP contribution < -0.4 is 0 Å². The normalized spacial score (nSPS) is 20.9. The molecule has 2 rings (SSSR count). The van der Waals surface area contributed by atoms with E-state index in [1.807, 2.05) is 11.7 Å². The summed E-state index contributed by atoms with van der Waals surface area (Å²) < 4.78 is 3.10. The first-order chi connectivity index (χ1) is 8.11. The number of aryl methyl sites for hydroxylation is 2. The highest BCUT2D eigenvalue weighted by molar-refractivity contribution is 9.10. The number of aromatic nitrogens is 2.